The summed E-state index contributed by atoms with van der Waals surface area (Å²) in [6.07, 6.45) is 1.48. The van der Waals surface area contributed by atoms with Gasteiger partial charge in [0.15, 0.2) is 0 Å². The molecule has 0 unspecified atom stereocenters. The highest BCUT2D eigenvalue weighted by Gasteiger charge is 2.14. The van der Waals surface area contributed by atoms with Crippen LogP contribution in [0, 0.1) is 0 Å². The van der Waals surface area contributed by atoms with Crippen molar-refractivity contribution < 1.29 is 22.7 Å². The zero-order valence-corrected chi connectivity index (χ0v) is 16.3. The Morgan fingerprint density at radius 1 is 1.03 bits per heavy atom. The lowest BCUT2D eigenvalue weighted by Crippen LogP contribution is -2.23. The van der Waals surface area contributed by atoms with Crippen LogP contribution in [0.3, 0.4) is 0 Å². The fraction of sp³-hybridized carbons (Fsp3) is 0.100. The molecule has 1 heterocycles. The van der Waals surface area contributed by atoms with Crippen LogP contribution in [-0.2, 0) is 16.6 Å². The number of aromatic carboxylic acids is 1. The summed E-state index contributed by atoms with van der Waals surface area (Å²) >= 11 is 0. The first-order valence-electron chi connectivity index (χ1n) is 8.59. The summed E-state index contributed by atoms with van der Waals surface area (Å²) in [7, 11) is -3.66. The molecular formula is C20H18N3O5S-. The van der Waals surface area contributed by atoms with Gasteiger partial charge in [-0.2, -0.15) is 5.10 Å². The van der Waals surface area contributed by atoms with Crippen molar-refractivity contribution >= 4 is 27.4 Å². The second kappa shape index (κ2) is 8.72. The van der Waals surface area contributed by atoms with Crippen LogP contribution < -0.4 is 15.3 Å². The van der Waals surface area contributed by atoms with Crippen LogP contribution in [0.5, 0.6) is 0 Å². The number of sulfonamides is 1. The number of carbonyl (C=O) groups excluding carboxylic acids is 1. The van der Waals surface area contributed by atoms with E-state index in [1.54, 1.807) is 43.3 Å². The van der Waals surface area contributed by atoms with Gasteiger partial charge in [-0.05, 0) is 54.4 Å². The van der Waals surface area contributed by atoms with Gasteiger partial charge in [-0.15, -0.1) is 0 Å². The highest BCUT2D eigenvalue weighted by Crippen LogP contribution is 2.14. The van der Waals surface area contributed by atoms with Gasteiger partial charge in [-0.3, -0.25) is 5.43 Å². The van der Waals surface area contributed by atoms with E-state index in [0.717, 1.165) is 5.56 Å². The molecule has 0 aliphatic heterocycles. The molecule has 0 bridgehead atoms. The summed E-state index contributed by atoms with van der Waals surface area (Å²) in [5, 5.41) is 15.0. The fourth-order valence-electron chi connectivity index (χ4n) is 2.43. The molecule has 0 fully saturated rings. The second-order valence-electron chi connectivity index (χ2n) is 6.10. The van der Waals surface area contributed by atoms with Gasteiger partial charge in [0.2, 0.25) is 10.0 Å². The van der Waals surface area contributed by atoms with E-state index < -0.39 is 16.0 Å². The van der Waals surface area contributed by atoms with Crippen LogP contribution in [0.4, 0.5) is 5.69 Å². The van der Waals surface area contributed by atoms with Gasteiger partial charge < -0.3 is 14.3 Å². The van der Waals surface area contributed by atoms with E-state index in [1.807, 2.05) is 0 Å². The summed E-state index contributed by atoms with van der Waals surface area (Å²) in [5.41, 5.74) is 4.86. The molecule has 150 valence electrons. The SMILES string of the molecule is C/C(=N/Nc1ccc(C(=O)[O-])cc1)c1ccc(S(=O)(=O)NCc2ccco2)cc1. The lowest BCUT2D eigenvalue weighted by atomic mass is 10.1. The van der Waals surface area contributed by atoms with Crippen molar-refractivity contribution in [3.63, 3.8) is 0 Å². The van der Waals surface area contributed by atoms with Crippen LogP contribution >= 0.6 is 0 Å². The average molecular weight is 412 g/mol. The van der Waals surface area contributed by atoms with Gasteiger partial charge in [-0.25, -0.2) is 13.1 Å². The minimum Gasteiger partial charge on any atom is -0.545 e. The molecule has 29 heavy (non-hydrogen) atoms. The fourth-order valence-corrected chi connectivity index (χ4v) is 3.43. The molecule has 3 aromatic rings. The van der Waals surface area contributed by atoms with Crippen LogP contribution in [0.15, 0.2) is 81.3 Å². The van der Waals surface area contributed by atoms with Crippen molar-refractivity contribution in [3.05, 3.63) is 83.8 Å². The third-order valence-corrected chi connectivity index (χ3v) is 5.49. The minimum atomic E-state index is -3.66. The maximum atomic E-state index is 12.4. The van der Waals surface area contributed by atoms with Gasteiger partial charge >= 0.3 is 0 Å². The molecule has 0 saturated carbocycles. The van der Waals surface area contributed by atoms with Gasteiger partial charge in [0.25, 0.3) is 0 Å². The number of benzene rings is 2. The van der Waals surface area contributed by atoms with Crippen LogP contribution in [-0.4, -0.2) is 20.1 Å². The van der Waals surface area contributed by atoms with Gasteiger partial charge in [0.1, 0.15) is 5.76 Å². The normalized spacial score (nSPS) is 12.0. The highest BCUT2D eigenvalue weighted by atomic mass is 32.2. The average Bonchev–Trinajstić information content (AvgIpc) is 3.25. The largest absolute Gasteiger partial charge is 0.545 e. The lowest BCUT2D eigenvalue weighted by molar-refractivity contribution is -0.255. The Hall–Kier alpha value is -3.43. The van der Waals surface area contributed by atoms with Crippen molar-refractivity contribution in [2.24, 2.45) is 5.10 Å². The predicted molar refractivity (Wildman–Crippen MR) is 106 cm³/mol. The Morgan fingerprint density at radius 3 is 2.28 bits per heavy atom. The van der Waals surface area contributed by atoms with E-state index >= 15 is 0 Å². The van der Waals surface area contributed by atoms with Crippen molar-refractivity contribution in [2.75, 3.05) is 5.43 Å². The quantitative estimate of drug-likeness (QED) is 0.431. The Bertz CT molecular complexity index is 1100. The highest BCUT2D eigenvalue weighted by molar-refractivity contribution is 7.89. The molecule has 0 aliphatic rings. The first-order chi connectivity index (χ1) is 13.8. The number of hydrogen-bond acceptors (Lipinski definition) is 7. The van der Waals surface area contributed by atoms with Gasteiger partial charge in [0, 0.05) is 0 Å². The molecule has 8 nitrogen and oxygen atoms in total. The topological polar surface area (TPSA) is 124 Å². The van der Waals surface area contributed by atoms with Gasteiger partial charge in [0.05, 0.1) is 35.1 Å². The van der Waals surface area contributed by atoms with E-state index in [4.69, 9.17) is 4.42 Å². The number of carboxylic acid groups (broad SMARTS) is 1. The molecule has 0 aliphatic carbocycles. The third-order valence-electron chi connectivity index (χ3n) is 4.07. The van der Waals surface area contributed by atoms with Crippen molar-refractivity contribution in [3.8, 4) is 0 Å². The number of hydrogen-bond donors (Lipinski definition) is 2. The lowest BCUT2D eigenvalue weighted by Gasteiger charge is -2.08. The second-order valence-corrected chi connectivity index (χ2v) is 7.87. The van der Waals surface area contributed by atoms with E-state index in [2.05, 4.69) is 15.2 Å². The zero-order valence-electron chi connectivity index (χ0n) is 15.5. The van der Waals surface area contributed by atoms with Crippen LogP contribution in [0.2, 0.25) is 0 Å². The maximum Gasteiger partial charge on any atom is 0.240 e. The Balaban J connectivity index is 1.65. The molecule has 0 atom stereocenters. The van der Waals surface area contributed by atoms with E-state index in [-0.39, 0.29) is 17.0 Å². The minimum absolute atomic E-state index is 0.0677. The Labute approximate surface area is 167 Å². The maximum absolute atomic E-state index is 12.4. The molecule has 0 radical (unpaired) electrons. The number of nitrogens with zero attached hydrogens (tertiary/aromatic N) is 1. The third kappa shape index (κ3) is 5.31. The number of furan rings is 1. The molecule has 9 heteroatoms. The molecule has 1 aromatic heterocycles. The first-order valence-corrected chi connectivity index (χ1v) is 10.1. The van der Waals surface area contributed by atoms with E-state index in [0.29, 0.717) is 17.2 Å². The molecule has 0 spiro atoms. The summed E-state index contributed by atoms with van der Waals surface area (Å²) in [5.74, 6) is -0.725. The predicted octanol–water partition coefficient (Wildman–Crippen LogP) is 1.96. The smallest absolute Gasteiger partial charge is 0.240 e. The zero-order chi connectivity index (χ0) is 20.9. The summed E-state index contributed by atoms with van der Waals surface area (Å²) in [6, 6.07) is 15.6. The van der Waals surface area contributed by atoms with E-state index in [9.17, 15) is 18.3 Å². The van der Waals surface area contributed by atoms with Gasteiger partial charge in [-0.1, -0.05) is 24.3 Å². The summed E-state index contributed by atoms with van der Waals surface area (Å²) in [4.78, 5) is 10.9. The molecule has 3 rings (SSSR count). The van der Waals surface area contributed by atoms with Crippen LogP contribution in [0.1, 0.15) is 28.6 Å². The van der Waals surface area contributed by atoms with Crippen molar-refractivity contribution in [1.29, 1.82) is 0 Å². The number of anilines is 1. The summed E-state index contributed by atoms with van der Waals surface area (Å²) < 4.78 is 32.3. The number of nitrogens with one attached hydrogen (secondary N) is 2. The molecule has 2 aromatic carbocycles. The van der Waals surface area contributed by atoms with E-state index in [1.165, 1.54) is 30.5 Å². The molecule has 0 saturated heterocycles. The summed E-state index contributed by atoms with van der Waals surface area (Å²) in [6.45, 7) is 1.83. The first kappa shape index (κ1) is 20.3. The molecular weight excluding hydrogens is 394 g/mol. The Morgan fingerprint density at radius 2 is 1.69 bits per heavy atom. The number of hydrazone groups is 1. The molecule has 2 N–H and O–H groups in total. The Kier molecular flexibility index (Phi) is 6.10. The monoisotopic (exact) mass is 412 g/mol. The molecule has 0 amide bonds. The van der Waals surface area contributed by atoms with Crippen molar-refractivity contribution in [2.45, 2.75) is 18.4 Å². The number of carbonyl (C=O) groups is 1. The van der Waals surface area contributed by atoms with Crippen molar-refractivity contribution in [1.82, 2.24) is 4.72 Å². The standard InChI is InChI=1S/C20H19N3O5S/c1-14(22-23-17-8-4-16(5-9-17)20(24)25)15-6-10-19(11-7-15)29(26,27)21-13-18-3-2-12-28-18/h2-12,21,23H,13H2,1H3,(H,24,25)/p-1/b22-14-. The number of carboxylic acids is 1. The number of rotatable bonds is 8. The van der Waals surface area contributed by atoms with Crippen LogP contribution in [0.25, 0.3) is 0 Å².